The summed E-state index contributed by atoms with van der Waals surface area (Å²) in [7, 11) is -0.341. The number of benzene rings is 1. The lowest BCUT2D eigenvalue weighted by Crippen LogP contribution is -2.42. The minimum Gasteiger partial charge on any atom is -0.400 e. The minimum atomic E-state index is -1.63. The monoisotopic (exact) mass is 592 g/mol. The lowest BCUT2D eigenvalue weighted by atomic mass is 9.96. The number of ether oxygens (including phenoxy) is 2. The summed E-state index contributed by atoms with van der Waals surface area (Å²) in [5.41, 5.74) is -1.34. The van der Waals surface area contributed by atoms with Crippen molar-refractivity contribution in [2.24, 2.45) is 0 Å². The van der Waals surface area contributed by atoms with Crippen molar-refractivity contribution in [1.82, 2.24) is 14.2 Å². The van der Waals surface area contributed by atoms with Gasteiger partial charge in [0.1, 0.15) is 30.2 Å². The normalized spacial score (nSPS) is 25.2. The molecule has 2 N–H and O–H groups in total. The standard InChI is InChI=1S/C27H36N5O6P.CH4O/c1-7-27-17-35-22(23(27)38-39(36-16-14-28-6)32(18(2)3)19(4)5)25(37-27)31-15-13-21(30-26(31)34)29-24(33)20-11-9-8-10-12-20;1-2/h8-13,15,18-19,22-23,25H,7,14,16-17H2,1-5H3,(H,29,30,33,34);2H,1H3/t22-,23+,25-,27+,39?;/m1./s1/i7D;2T/t7-,22-,23+,25-,27+,39?;. The van der Waals surface area contributed by atoms with Gasteiger partial charge in [-0.2, -0.15) is 4.98 Å². The molecule has 2 bridgehead atoms. The molecule has 1 amide bonds. The number of nitrogens with zero attached hydrogens (tertiary/aromatic N) is 4. The fourth-order valence-electron chi connectivity index (χ4n) is 4.82. The molecule has 2 fully saturated rings. The Kier molecular flexibility index (Phi) is 10.8. The maximum atomic E-state index is 13.1. The second-order valence-corrected chi connectivity index (χ2v) is 11.3. The molecular weight excluding hydrogens is 549 g/mol. The van der Waals surface area contributed by atoms with E-state index in [4.69, 9.17) is 27.9 Å². The third-order valence-electron chi connectivity index (χ3n) is 6.63. The number of hydrogen-bond donors (Lipinski definition) is 2. The van der Waals surface area contributed by atoms with E-state index in [9.17, 15) is 9.59 Å². The molecule has 2 saturated heterocycles. The van der Waals surface area contributed by atoms with E-state index in [-0.39, 0.29) is 43.6 Å². The van der Waals surface area contributed by atoms with Crippen LogP contribution < -0.4 is 11.0 Å². The lowest BCUT2D eigenvalue weighted by molar-refractivity contribution is -0.175. The lowest BCUT2D eigenvalue weighted by Gasteiger charge is -2.38. The fraction of sp³-hybridized carbons (Fsp3) is 0.571. The molecular formula is C28H40N5O7P. The Labute approximate surface area is 245 Å². The van der Waals surface area contributed by atoms with Gasteiger partial charge < -0.3 is 33.8 Å². The zero-order valence-corrected chi connectivity index (χ0v) is 25.1. The second-order valence-electron chi connectivity index (χ2n) is 9.90. The number of carbonyl (C=O) groups excluding carboxylic acids is 1. The smallest absolute Gasteiger partial charge is 0.351 e. The number of aromatic nitrogens is 2. The van der Waals surface area contributed by atoms with Gasteiger partial charge in [0.05, 0.1) is 6.61 Å². The number of carbonyl (C=O) groups is 1. The first-order valence-electron chi connectivity index (χ1n) is 14.4. The predicted octanol–water partition coefficient (Wildman–Crippen LogP) is 3.85. The molecule has 12 nitrogen and oxygen atoms in total. The molecule has 2 aliphatic rings. The van der Waals surface area contributed by atoms with Crippen LogP contribution in [0.3, 0.4) is 0 Å². The Balaban J connectivity index is 0.00000162. The first-order valence-corrected chi connectivity index (χ1v) is 14.5. The van der Waals surface area contributed by atoms with E-state index >= 15 is 0 Å². The van der Waals surface area contributed by atoms with Crippen LogP contribution in [0.25, 0.3) is 4.85 Å². The first-order chi connectivity index (χ1) is 20.5. The van der Waals surface area contributed by atoms with Crippen LogP contribution in [-0.4, -0.2) is 83.4 Å². The highest BCUT2D eigenvalue weighted by Crippen LogP contribution is 2.55. The van der Waals surface area contributed by atoms with Crippen LogP contribution >= 0.6 is 8.53 Å². The van der Waals surface area contributed by atoms with E-state index in [1.54, 1.807) is 37.3 Å². The van der Waals surface area contributed by atoms with Gasteiger partial charge >= 0.3 is 5.69 Å². The average Bonchev–Trinajstić information content (AvgIpc) is 3.47. The molecule has 1 aromatic heterocycles. The fourth-order valence-corrected chi connectivity index (χ4v) is 6.61. The quantitative estimate of drug-likeness (QED) is 0.215. The van der Waals surface area contributed by atoms with Crippen LogP contribution in [0.2, 0.25) is 0 Å². The average molecular weight is 593 g/mol. The third-order valence-corrected chi connectivity index (χ3v) is 8.74. The van der Waals surface area contributed by atoms with Crippen molar-refractivity contribution in [3.8, 4) is 0 Å². The van der Waals surface area contributed by atoms with E-state index in [0.717, 1.165) is 0 Å². The van der Waals surface area contributed by atoms with Crippen molar-refractivity contribution < 1.29 is 29.8 Å². The first kappa shape index (κ1) is 29.7. The summed E-state index contributed by atoms with van der Waals surface area (Å²) in [5.74, 6) is -0.275. The van der Waals surface area contributed by atoms with Crippen LogP contribution in [0.1, 0.15) is 59.0 Å². The SMILES string of the molecule is [2H][C@H](C)[C@@]12CO[C@@H]([C@H](n3ccc(NC(=O)c4ccccc4)nc3=O)O1)[C@@H]2OP(OCC[N+]#[C-])N(C(C)C)C(C)C.[3H]OC. The zero-order valence-electron chi connectivity index (χ0n) is 26.2. The summed E-state index contributed by atoms with van der Waals surface area (Å²) in [6.45, 7) is 17.5. The Morgan fingerprint density at radius 1 is 1.39 bits per heavy atom. The minimum absolute atomic E-state index is 0.0885. The van der Waals surface area contributed by atoms with E-state index in [1.807, 2.05) is 27.7 Å². The van der Waals surface area contributed by atoms with E-state index < -0.39 is 44.6 Å². The van der Waals surface area contributed by atoms with Gasteiger partial charge in [0, 0.05) is 32.3 Å². The van der Waals surface area contributed by atoms with E-state index in [0.29, 0.717) is 5.56 Å². The van der Waals surface area contributed by atoms with Crippen LogP contribution in [0.5, 0.6) is 0 Å². The molecule has 13 heteroatoms. The number of aliphatic hydroxyl groups excluding tert-OH is 1. The molecule has 2 aliphatic heterocycles. The molecule has 6 atom stereocenters. The number of fused-ring (bicyclic) bond motifs is 2. The number of anilines is 1. The summed E-state index contributed by atoms with van der Waals surface area (Å²) in [6.07, 6.45) is -1.54. The summed E-state index contributed by atoms with van der Waals surface area (Å²) in [4.78, 5) is 33.0. The maximum Gasteiger partial charge on any atom is 0.351 e. The highest BCUT2D eigenvalue weighted by molar-refractivity contribution is 7.44. The number of amides is 1. The van der Waals surface area contributed by atoms with Crippen LogP contribution in [0.15, 0.2) is 47.4 Å². The molecule has 41 heavy (non-hydrogen) atoms. The van der Waals surface area contributed by atoms with Crippen molar-refractivity contribution in [2.45, 2.75) is 77.1 Å². The summed E-state index contributed by atoms with van der Waals surface area (Å²) in [6, 6.07) is 10.3. The summed E-state index contributed by atoms with van der Waals surface area (Å²) < 4.78 is 42.9. The maximum absolute atomic E-state index is 13.1. The van der Waals surface area contributed by atoms with Crippen molar-refractivity contribution >= 4 is 20.3 Å². The summed E-state index contributed by atoms with van der Waals surface area (Å²) >= 11 is 0. The van der Waals surface area contributed by atoms with Gasteiger partial charge in [-0.05, 0) is 52.3 Å². The highest BCUT2D eigenvalue weighted by atomic mass is 31.2. The molecule has 0 aliphatic carbocycles. The van der Waals surface area contributed by atoms with E-state index in [2.05, 4.69) is 24.9 Å². The Morgan fingerprint density at radius 3 is 2.66 bits per heavy atom. The molecule has 1 aromatic carbocycles. The number of nitrogens with one attached hydrogen (secondary N) is 1. The van der Waals surface area contributed by atoms with Crippen molar-refractivity contribution in [2.75, 3.05) is 32.2 Å². The van der Waals surface area contributed by atoms with Gasteiger partial charge in [-0.1, -0.05) is 25.1 Å². The molecule has 2 aromatic rings. The molecule has 0 saturated carbocycles. The molecule has 0 spiro atoms. The van der Waals surface area contributed by atoms with Gasteiger partial charge in [-0.3, -0.25) is 9.36 Å². The van der Waals surface area contributed by atoms with Gasteiger partial charge in [0.2, 0.25) is 7.98 Å². The number of rotatable bonds is 12. The molecule has 224 valence electrons. The Hall–Kier alpha value is -2.75. The van der Waals surface area contributed by atoms with Gasteiger partial charge in [-0.25, -0.2) is 16.0 Å². The second kappa shape index (κ2) is 14.9. The van der Waals surface area contributed by atoms with Crippen molar-refractivity contribution in [1.29, 1.82) is 1.43 Å². The molecule has 4 rings (SSSR count). The summed E-state index contributed by atoms with van der Waals surface area (Å²) in [5, 5.41) is 6.14. The van der Waals surface area contributed by atoms with Crippen LogP contribution in [0, 0.1) is 6.57 Å². The highest BCUT2D eigenvalue weighted by Gasteiger charge is 2.63. The molecule has 1 unspecified atom stereocenters. The molecule has 3 heterocycles. The van der Waals surface area contributed by atoms with Gasteiger partial charge in [0.25, 0.3) is 14.4 Å². The third kappa shape index (κ3) is 7.37. The Morgan fingerprint density at radius 2 is 2.07 bits per heavy atom. The van der Waals surface area contributed by atoms with E-state index in [1.165, 1.54) is 23.9 Å². The topological polar surface area (TPSA) is 129 Å². The number of aliphatic hydroxyl groups is 1. The predicted molar refractivity (Wildman–Crippen MR) is 155 cm³/mol. The number of hydrogen-bond acceptors (Lipinski definition) is 9. The van der Waals surface area contributed by atoms with Crippen LogP contribution in [-0.2, 0) is 18.5 Å². The van der Waals surface area contributed by atoms with Crippen molar-refractivity contribution in [3.63, 3.8) is 0 Å². The Bertz CT molecular complexity index is 1290. The van der Waals surface area contributed by atoms with Gasteiger partial charge in [-0.15, -0.1) is 0 Å². The van der Waals surface area contributed by atoms with Gasteiger partial charge in [0.15, 0.2) is 6.23 Å². The van der Waals surface area contributed by atoms with Crippen molar-refractivity contribution in [3.05, 3.63) is 70.1 Å². The molecule has 0 radical (unpaired) electrons. The zero-order chi connectivity index (χ0) is 31.7. The largest absolute Gasteiger partial charge is 0.400 e. The van der Waals surface area contributed by atoms with Crippen LogP contribution in [0.4, 0.5) is 5.82 Å².